The Hall–Kier alpha value is -1.92. The summed E-state index contributed by atoms with van der Waals surface area (Å²) < 4.78 is 26.4. The molecule has 0 unspecified atom stereocenters. The highest BCUT2D eigenvalue weighted by Crippen LogP contribution is 2.16. The number of amides is 1. The van der Waals surface area contributed by atoms with Crippen molar-refractivity contribution in [3.8, 4) is 0 Å². The zero-order valence-corrected chi connectivity index (χ0v) is 14.7. The SMILES string of the molecule is CCc1ccc(N(C)C(=O)[C@@H](N)Cc2cc(F)cc(F)c2)cc1.S. The molecule has 0 aliphatic rings. The van der Waals surface area contributed by atoms with E-state index in [1.807, 2.05) is 24.3 Å². The Morgan fingerprint density at radius 1 is 1.08 bits per heavy atom. The highest BCUT2D eigenvalue weighted by molar-refractivity contribution is 7.59. The van der Waals surface area contributed by atoms with Crippen molar-refractivity contribution >= 4 is 25.1 Å². The first-order valence-electron chi connectivity index (χ1n) is 7.47. The first-order chi connectivity index (χ1) is 10.9. The first kappa shape index (κ1) is 20.1. The second kappa shape index (κ2) is 8.80. The summed E-state index contributed by atoms with van der Waals surface area (Å²) >= 11 is 0. The molecule has 0 bridgehead atoms. The molecule has 0 spiro atoms. The molecular formula is C18H22F2N2OS. The highest BCUT2D eigenvalue weighted by Gasteiger charge is 2.20. The average molecular weight is 352 g/mol. The summed E-state index contributed by atoms with van der Waals surface area (Å²) in [7, 11) is 1.63. The van der Waals surface area contributed by atoms with E-state index in [-0.39, 0.29) is 25.8 Å². The topological polar surface area (TPSA) is 46.3 Å². The minimum Gasteiger partial charge on any atom is -0.320 e. The van der Waals surface area contributed by atoms with Crippen LogP contribution < -0.4 is 10.6 Å². The van der Waals surface area contributed by atoms with Gasteiger partial charge in [-0.15, -0.1) is 0 Å². The van der Waals surface area contributed by atoms with E-state index in [0.29, 0.717) is 5.56 Å². The minimum atomic E-state index is -0.868. The van der Waals surface area contributed by atoms with Gasteiger partial charge in [0.1, 0.15) is 11.6 Å². The molecule has 130 valence electrons. The molecule has 0 aliphatic carbocycles. The molecule has 0 saturated carbocycles. The predicted octanol–water partition coefficient (Wildman–Crippen LogP) is 3.17. The quantitative estimate of drug-likeness (QED) is 0.898. The van der Waals surface area contributed by atoms with Crippen LogP contribution in [0.15, 0.2) is 42.5 Å². The van der Waals surface area contributed by atoms with Crippen LogP contribution in [0.4, 0.5) is 14.5 Å². The molecule has 0 fully saturated rings. The summed E-state index contributed by atoms with van der Waals surface area (Å²) in [6, 6.07) is 9.90. The Bertz CT molecular complexity index is 672. The maximum atomic E-state index is 13.2. The monoisotopic (exact) mass is 352 g/mol. The number of hydrogen-bond acceptors (Lipinski definition) is 2. The zero-order valence-electron chi connectivity index (χ0n) is 13.7. The van der Waals surface area contributed by atoms with Crippen molar-refractivity contribution in [2.24, 2.45) is 5.73 Å². The van der Waals surface area contributed by atoms with E-state index in [9.17, 15) is 13.6 Å². The van der Waals surface area contributed by atoms with Gasteiger partial charge in [-0.2, -0.15) is 13.5 Å². The van der Waals surface area contributed by atoms with Crippen LogP contribution in [0.2, 0.25) is 0 Å². The van der Waals surface area contributed by atoms with E-state index < -0.39 is 17.7 Å². The summed E-state index contributed by atoms with van der Waals surface area (Å²) in [5.74, 6) is -1.66. The van der Waals surface area contributed by atoms with Crippen molar-refractivity contribution in [2.45, 2.75) is 25.8 Å². The van der Waals surface area contributed by atoms with Gasteiger partial charge in [-0.25, -0.2) is 8.78 Å². The molecule has 2 aromatic carbocycles. The van der Waals surface area contributed by atoms with Gasteiger partial charge in [-0.05, 0) is 48.2 Å². The lowest BCUT2D eigenvalue weighted by Gasteiger charge is -2.22. The number of halogens is 2. The number of aryl methyl sites for hydroxylation is 1. The standard InChI is InChI=1S/C18H20F2N2O.H2S/c1-3-12-4-6-16(7-5-12)22(2)18(23)17(21)10-13-8-14(19)11-15(20)9-13;/h4-9,11,17H,3,10,21H2,1-2H3;1H2/t17-;/m0./s1. The molecule has 2 aromatic rings. The predicted molar refractivity (Wildman–Crippen MR) is 97.6 cm³/mol. The van der Waals surface area contributed by atoms with Crippen LogP contribution in [0, 0.1) is 11.6 Å². The lowest BCUT2D eigenvalue weighted by atomic mass is 10.0. The third-order valence-corrected chi connectivity index (χ3v) is 3.76. The fourth-order valence-electron chi connectivity index (χ4n) is 2.40. The van der Waals surface area contributed by atoms with Gasteiger partial charge >= 0.3 is 0 Å². The molecule has 3 nitrogen and oxygen atoms in total. The number of hydrogen-bond donors (Lipinski definition) is 1. The zero-order chi connectivity index (χ0) is 17.0. The number of carbonyl (C=O) groups is 1. The molecule has 2 rings (SSSR count). The maximum Gasteiger partial charge on any atom is 0.243 e. The molecule has 0 radical (unpaired) electrons. The van der Waals surface area contributed by atoms with Crippen molar-refractivity contribution < 1.29 is 13.6 Å². The van der Waals surface area contributed by atoms with Crippen molar-refractivity contribution in [3.63, 3.8) is 0 Å². The van der Waals surface area contributed by atoms with Gasteiger partial charge in [0.15, 0.2) is 0 Å². The van der Waals surface area contributed by atoms with Crippen LogP contribution in [-0.4, -0.2) is 19.0 Å². The molecule has 1 atom stereocenters. The second-order valence-corrected chi connectivity index (χ2v) is 5.51. The summed E-state index contributed by atoms with van der Waals surface area (Å²) in [5, 5.41) is 0. The summed E-state index contributed by atoms with van der Waals surface area (Å²) in [6.07, 6.45) is 0.994. The number of rotatable bonds is 5. The van der Waals surface area contributed by atoms with E-state index in [0.717, 1.165) is 18.2 Å². The number of benzene rings is 2. The lowest BCUT2D eigenvalue weighted by molar-refractivity contribution is -0.119. The molecule has 24 heavy (non-hydrogen) atoms. The normalized spacial score (nSPS) is 11.5. The Kier molecular flexibility index (Phi) is 7.38. The number of carbonyl (C=O) groups excluding carboxylic acids is 1. The van der Waals surface area contributed by atoms with Gasteiger partial charge in [0.2, 0.25) is 5.91 Å². The molecule has 0 heterocycles. The van der Waals surface area contributed by atoms with Crippen LogP contribution in [0.3, 0.4) is 0 Å². The van der Waals surface area contributed by atoms with Crippen molar-refractivity contribution in [1.82, 2.24) is 0 Å². The molecule has 0 aromatic heterocycles. The van der Waals surface area contributed by atoms with Crippen molar-refractivity contribution in [3.05, 3.63) is 65.2 Å². The van der Waals surface area contributed by atoms with Gasteiger partial charge < -0.3 is 10.6 Å². The largest absolute Gasteiger partial charge is 0.320 e. The summed E-state index contributed by atoms with van der Waals surface area (Å²) in [6.45, 7) is 2.05. The van der Waals surface area contributed by atoms with Crippen molar-refractivity contribution in [1.29, 1.82) is 0 Å². The number of likely N-dealkylation sites (N-methyl/N-ethyl adjacent to an activating group) is 1. The molecule has 2 N–H and O–H groups in total. The van der Waals surface area contributed by atoms with E-state index in [4.69, 9.17) is 5.73 Å². The second-order valence-electron chi connectivity index (χ2n) is 5.51. The number of nitrogens with two attached hydrogens (primary N) is 1. The van der Waals surface area contributed by atoms with Gasteiger partial charge in [0, 0.05) is 18.8 Å². The van der Waals surface area contributed by atoms with Gasteiger partial charge in [0.05, 0.1) is 6.04 Å². The highest BCUT2D eigenvalue weighted by atomic mass is 32.1. The molecule has 6 heteroatoms. The van der Waals surface area contributed by atoms with E-state index in [1.165, 1.54) is 22.6 Å². The number of nitrogens with zero attached hydrogens (tertiary/aromatic N) is 1. The smallest absolute Gasteiger partial charge is 0.243 e. The minimum absolute atomic E-state index is 0. The summed E-state index contributed by atoms with van der Waals surface area (Å²) in [5.41, 5.74) is 8.17. The van der Waals surface area contributed by atoms with E-state index in [1.54, 1.807) is 7.05 Å². The maximum absolute atomic E-state index is 13.2. The van der Waals surface area contributed by atoms with E-state index in [2.05, 4.69) is 6.92 Å². The van der Waals surface area contributed by atoms with Crippen LogP contribution >= 0.6 is 13.5 Å². The molecule has 0 aliphatic heterocycles. The van der Waals surface area contributed by atoms with E-state index >= 15 is 0 Å². The van der Waals surface area contributed by atoms with Gasteiger partial charge in [0.25, 0.3) is 0 Å². The third kappa shape index (κ3) is 5.04. The fraction of sp³-hybridized carbons (Fsp3) is 0.278. The molecule has 1 amide bonds. The number of anilines is 1. The molecule has 0 saturated heterocycles. The Labute approximate surface area is 147 Å². The Morgan fingerprint density at radius 3 is 2.12 bits per heavy atom. The average Bonchev–Trinajstić information content (AvgIpc) is 2.52. The summed E-state index contributed by atoms with van der Waals surface area (Å²) in [4.78, 5) is 13.8. The molecular weight excluding hydrogens is 330 g/mol. The Balaban J connectivity index is 0.00000288. The van der Waals surface area contributed by atoms with Gasteiger partial charge in [-0.1, -0.05) is 19.1 Å². The Morgan fingerprint density at radius 2 is 1.62 bits per heavy atom. The van der Waals surface area contributed by atoms with Crippen molar-refractivity contribution in [2.75, 3.05) is 11.9 Å². The van der Waals surface area contributed by atoms with Gasteiger partial charge in [-0.3, -0.25) is 4.79 Å². The fourth-order valence-corrected chi connectivity index (χ4v) is 2.40. The third-order valence-electron chi connectivity index (χ3n) is 3.76. The van der Waals surface area contributed by atoms with Crippen LogP contribution in [0.25, 0.3) is 0 Å². The van der Waals surface area contributed by atoms with Crippen LogP contribution in [0.1, 0.15) is 18.1 Å². The van der Waals surface area contributed by atoms with Crippen LogP contribution in [-0.2, 0) is 17.6 Å². The first-order valence-corrected chi connectivity index (χ1v) is 7.47. The lowest BCUT2D eigenvalue weighted by Crippen LogP contribution is -2.43. The van der Waals surface area contributed by atoms with Crippen LogP contribution in [0.5, 0.6) is 0 Å².